The topological polar surface area (TPSA) is 37.0 Å². The molecule has 3 nitrogen and oxygen atoms in total. The lowest BCUT2D eigenvalue weighted by atomic mass is 10.3. The molecule has 0 aliphatic rings. The summed E-state index contributed by atoms with van der Waals surface area (Å²) in [6.07, 6.45) is 0.805. The SMILES string of the molecule is CCCNc1nc(Nc2ccc(Br)cc2Cl)c(F)cc1F. The number of anilines is 3. The molecule has 0 fully saturated rings. The first-order valence-corrected chi connectivity index (χ1v) is 7.50. The van der Waals surface area contributed by atoms with Crippen molar-refractivity contribution in [1.29, 1.82) is 0 Å². The Kier molecular flexibility index (Phi) is 5.36. The minimum Gasteiger partial charge on any atom is -0.368 e. The van der Waals surface area contributed by atoms with E-state index in [2.05, 4.69) is 31.5 Å². The fourth-order valence-corrected chi connectivity index (χ4v) is 2.36. The molecular formula is C14H13BrClF2N3. The predicted molar refractivity (Wildman–Crippen MR) is 85.4 cm³/mol. The molecule has 2 aromatic rings. The van der Waals surface area contributed by atoms with Gasteiger partial charge in [-0.05, 0) is 24.6 Å². The average molecular weight is 377 g/mol. The van der Waals surface area contributed by atoms with E-state index in [0.717, 1.165) is 17.0 Å². The molecule has 2 N–H and O–H groups in total. The van der Waals surface area contributed by atoms with Crippen molar-refractivity contribution in [2.75, 3.05) is 17.2 Å². The van der Waals surface area contributed by atoms with Crippen LogP contribution >= 0.6 is 27.5 Å². The van der Waals surface area contributed by atoms with Gasteiger partial charge in [-0.2, -0.15) is 0 Å². The molecule has 0 saturated heterocycles. The second-order valence-corrected chi connectivity index (χ2v) is 5.65. The third-order valence-electron chi connectivity index (χ3n) is 2.66. The van der Waals surface area contributed by atoms with Gasteiger partial charge in [-0.25, -0.2) is 13.8 Å². The third-order valence-corrected chi connectivity index (χ3v) is 3.46. The van der Waals surface area contributed by atoms with E-state index in [0.29, 0.717) is 17.3 Å². The number of hydrogen-bond acceptors (Lipinski definition) is 3. The van der Waals surface area contributed by atoms with Crippen LogP contribution in [0.5, 0.6) is 0 Å². The summed E-state index contributed by atoms with van der Waals surface area (Å²) in [6, 6.07) is 5.89. The van der Waals surface area contributed by atoms with E-state index in [4.69, 9.17) is 11.6 Å². The number of hydrogen-bond donors (Lipinski definition) is 2. The van der Waals surface area contributed by atoms with E-state index < -0.39 is 11.6 Å². The Morgan fingerprint density at radius 3 is 2.57 bits per heavy atom. The van der Waals surface area contributed by atoms with E-state index in [1.54, 1.807) is 18.2 Å². The van der Waals surface area contributed by atoms with E-state index in [-0.39, 0.29) is 11.6 Å². The molecule has 0 spiro atoms. The monoisotopic (exact) mass is 375 g/mol. The Bertz CT molecular complexity index is 652. The second-order valence-electron chi connectivity index (χ2n) is 4.33. The molecule has 112 valence electrons. The minimum absolute atomic E-state index is 0.00832. The fraction of sp³-hybridized carbons (Fsp3) is 0.214. The molecule has 0 saturated carbocycles. The largest absolute Gasteiger partial charge is 0.368 e. The standard InChI is InChI=1S/C14H13BrClF2N3/c1-2-5-19-13-10(17)7-11(18)14(21-13)20-12-4-3-8(15)6-9(12)16/h3-4,6-7H,2,5H2,1H3,(H2,19,20,21). The highest BCUT2D eigenvalue weighted by molar-refractivity contribution is 9.10. The van der Waals surface area contributed by atoms with Crippen LogP contribution in [0.2, 0.25) is 5.02 Å². The first kappa shape index (κ1) is 16.0. The van der Waals surface area contributed by atoms with E-state index in [1.165, 1.54) is 0 Å². The summed E-state index contributed by atoms with van der Waals surface area (Å²) < 4.78 is 28.2. The molecule has 2 rings (SSSR count). The van der Waals surface area contributed by atoms with Gasteiger partial charge in [-0.1, -0.05) is 34.5 Å². The number of rotatable bonds is 5. The molecule has 0 amide bonds. The van der Waals surface area contributed by atoms with E-state index in [1.807, 2.05) is 6.92 Å². The van der Waals surface area contributed by atoms with Crippen molar-refractivity contribution in [1.82, 2.24) is 4.98 Å². The molecular weight excluding hydrogens is 364 g/mol. The Balaban J connectivity index is 2.30. The zero-order valence-corrected chi connectivity index (χ0v) is 13.5. The molecule has 1 aromatic heterocycles. The molecule has 0 unspecified atom stereocenters. The van der Waals surface area contributed by atoms with Crippen molar-refractivity contribution in [2.24, 2.45) is 0 Å². The van der Waals surface area contributed by atoms with Gasteiger partial charge in [-0.15, -0.1) is 0 Å². The molecule has 0 aliphatic heterocycles. The van der Waals surface area contributed by atoms with Crippen LogP contribution in [-0.2, 0) is 0 Å². The third kappa shape index (κ3) is 4.04. The zero-order chi connectivity index (χ0) is 15.4. The summed E-state index contributed by atoms with van der Waals surface area (Å²) >= 11 is 9.34. The lowest BCUT2D eigenvalue weighted by Crippen LogP contribution is -2.07. The summed E-state index contributed by atoms with van der Waals surface area (Å²) in [6.45, 7) is 2.49. The molecule has 1 aromatic carbocycles. The second kappa shape index (κ2) is 7.04. The quantitative estimate of drug-likeness (QED) is 0.739. The summed E-state index contributed by atoms with van der Waals surface area (Å²) in [5.41, 5.74) is 0.485. The van der Waals surface area contributed by atoms with Gasteiger partial charge >= 0.3 is 0 Å². The molecule has 0 atom stereocenters. The van der Waals surface area contributed by atoms with Crippen LogP contribution in [0.4, 0.5) is 26.1 Å². The van der Waals surface area contributed by atoms with Crippen molar-refractivity contribution in [2.45, 2.75) is 13.3 Å². The minimum atomic E-state index is -0.784. The molecule has 21 heavy (non-hydrogen) atoms. The molecule has 0 bridgehead atoms. The van der Waals surface area contributed by atoms with Crippen LogP contribution in [0.25, 0.3) is 0 Å². The average Bonchev–Trinajstić information content (AvgIpc) is 2.43. The van der Waals surface area contributed by atoms with Gasteiger partial charge in [0.25, 0.3) is 0 Å². The number of nitrogens with one attached hydrogen (secondary N) is 2. The van der Waals surface area contributed by atoms with Crippen molar-refractivity contribution < 1.29 is 8.78 Å². The molecule has 7 heteroatoms. The Labute approximate surface area is 134 Å². The molecule has 0 radical (unpaired) electrons. The smallest absolute Gasteiger partial charge is 0.169 e. The highest BCUT2D eigenvalue weighted by Gasteiger charge is 2.13. The fourth-order valence-electron chi connectivity index (χ4n) is 1.64. The van der Waals surface area contributed by atoms with Crippen molar-refractivity contribution in [3.63, 3.8) is 0 Å². The van der Waals surface area contributed by atoms with Crippen LogP contribution in [0.1, 0.15) is 13.3 Å². The maximum Gasteiger partial charge on any atom is 0.169 e. The van der Waals surface area contributed by atoms with Crippen molar-refractivity contribution >= 4 is 44.9 Å². The van der Waals surface area contributed by atoms with Gasteiger partial charge in [0.05, 0.1) is 10.7 Å². The van der Waals surface area contributed by atoms with Crippen LogP contribution < -0.4 is 10.6 Å². The van der Waals surface area contributed by atoms with Crippen LogP contribution in [0.15, 0.2) is 28.7 Å². The van der Waals surface area contributed by atoms with Crippen LogP contribution in [0, 0.1) is 11.6 Å². The first-order chi connectivity index (χ1) is 10.0. The van der Waals surface area contributed by atoms with Crippen molar-refractivity contribution in [3.8, 4) is 0 Å². The maximum atomic E-state index is 13.8. The normalized spacial score (nSPS) is 10.5. The number of aromatic nitrogens is 1. The lowest BCUT2D eigenvalue weighted by molar-refractivity contribution is 0.579. The Morgan fingerprint density at radius 1 is 1.19 bits per heavy atom. The summed E-state index contributed by atoms with van der Waals surface area (Å²) in [7, 11) is 0. The summed E-state index contributed by atoms with van der Waals surface area (Å²) in [4.78, 5) is 3.93. The Hall–Kier alpha value is -1.40. The highest BCUT2D eigenvalue weighted by atomic mass is 79.9. The predicted octanol–water partition coefficient (Wildman–Crippen LogP) is 5.34. The van der Waals surface area contributed by atoms with Crippen molar-refractivity contribution in [3.05, 3.63) is 45.4 Å². The number of pyridine rings is 1. The summed E-state index contributed by atoms with van der Waals surface area (Å²) in [5, 5.41) is 5.97. The van der Waals surface area contributed by atoms with Gasteiger partial charge in [0.2, 0.25) is 0 Å². The van der Waals surface area contributed by atoms with Gasteiger partial charge in [0.15, 0.2) is 23.3 Å². The Morgan fingerprint density at radius 2 is 1.90 bits per heavy atom. The molecule has 1 heterocycles. The lowest BCUT2D eigenvalue weighted by Gasteiger charge is -2.12. The van der Waals surface area contributed by atoms with Gasteiger partial charge in [0, 0.05) is 17.1 Å². The molecule has 0 aliphatic carbocycles. The number of halogens is 4. The van der Waals surface area contributed by atoms with E-state index in [9.17, 15) is 8.78 Å². The first-order valence-electron chi connectivity index (χ1n) is 6.33. The van der Waals surface area contributed by atoms with Gasteiger partial charge < -0.3 is 10.6 Å². The zero-order valence-electron chi connectivity index (χ0n) is 11.2. The maximum absolute atomic E-state index is 13.8. The van der Waals surface area contributed by atoms with Gasteiger partial charge in [-0.3, -0.25) is 0 Å². The van der Waals surface area contributed by atoms with E-state index >= 15 is 0 Å². The summed E-state index contributed by atoms with van der Waals surface area (Å²) in [5.74, 6) is -1.59. The van der Waals surface area contributed by atoms with Crippen LogP contribution in [0.3, 0.4) is 0 Å². The number of nitrogens with zero attached hydrogens (tertiary/aromatic N) is 1. The highest BCUT2D eigenvalue weighted by Crippen LogP contribution is 2.29. The van der Waals surface area contributed by atoms with Gasteiger partial charge in [0.1, 0.15) is 0 Å². The number of benzene rings is 1. The van der Waals surface area contributed by atoms with Crippen LogP contribution in [-0.4, -0.2) is 11.5 Å².